The SMILES string of the molecule is CC(C)c1cc2c(cc1C(F)(F)F)C(C)(C)CCC2(C)C. The van der Waals surface area contributed by atoms with E-state index in [2.05, 4.69) is 27.7 Å². The van der Waals surface area contributed by atoms with Crippen LogP contribution in [0.15, 0.2) is 12.1 Å². The van der Waals surface area contributed by atoms with Crippen LogP contribution < -0.4 is 0 Å². The average Bonchev–Trinajstić information content (AvgIpc) is 2.32. The van der Waals surface area contributed by atoms with Crippen molar-refractivity contribution >= 4 is 0 Å². The van der Waals surface area contributed by atoms with Crippen molar-refractivity contribution in [3.8, 4) is 0 Å². The van der Waals surface area contributed by atoms with Crippen LogP contribution in [0.1, 0.15) is 82.6 Å². The lowest BCUT2D eigenvalue weighted by atomic mass is 9.62. The van der Waals surface area contributed by atoms with Crippen molar-refractivity contribution in [3.63, 3.8) is 0 Å². The third-order valence-corrected chi connectivity index (χ3v) is 4.95. The Morgan fingerprint density at radius 3 is 1.71 bits per heavy atom. The first-order valence-corrected chi connectivity index (χ1v) is 7.62. The van der Waals surface area contributed by atoms with E-state index >= 15 is 0 Å². The molecule has 0 nitrogen and oxygen atoms in total. The molecule has 3 heteroatoms. The van der Waals surface area contributed by atoms with Crippen LogP contribution in [-0.4, -0.2) is 0 Å². The maximum absolute atomic E-state index is 13.4. The Balaban J connectivity index is 2.79. The largest absolute Gasteiger partial charge is 0.416 e. The van der Waals surface area contributed by atoms with Gasteiger partial charge in [-0.1, -0.05) is 47.6 Å². The van der Waals surface area contributed by atoms with Gasteiger partial charge < -0.3 is 0 Å². The fourth-order valence-corrected chi connectivity index (χ4v) is 3.35. The van der Waals surface area contributed by atoms with Crippen molar-refractivity contribution in [2.24, 2.45) is 0 Å². The summed E-state index contributed by atoms with van der Waals surface area (Å²) < 4.78 is 40.3. The summed E-state index contributed by atoms with van der Waals surface area (Å²) in [5.41, 5.74) is 1.68. The molecule has 1 aromatic carbocycles. The molecular weight excluding hydrogens is 273 g/mol. The molecule has 1 aliphatic carbocycles. The zero-order chi connectivity index (χ0) is 16.2. The fraction of sp³-hybridized carbons (Fsp3) is 0.667. The quantitative estimate of drug-likeness (QED) is 0.581. The monoisotopic (exact) mass is 298 g/mol. The number of fused-ring (bicyclic) bond motifs is 1. The molecule has 0 unspecified atom stereocenters. The highest BCUT2D eigenvalue weighted by molar-refractivity contribution is 5.49. The molecule has 0 fully saturated rings. The van der Waals surface area contributed by atoms with Gasteiger partial charge in [0.1, 0.15) is 0 Å². The molecule has 0 amide bonds. The van der Waals surface area contributed by atoms with Crippen LogP contribution in [0.25, 0.3) is 0 Å². The van der Waals surface area contributed by atoms with Crippen LogP contribution in [-0.2, 0) is 17.0 Å². The van der Waals surface area contributed by atoms with E-state index in [1.54, 1.807) is 0 Å². The van der Waals surface area contributed by atoms with Gasteiger partial charge in [0.15, 0.2) is 0 Å². The maximum Gasteiger partial charge on any atom is 0.416 e. The summed E-state index contributed by atoms with van der Waals surface area (Å²) in [6, 6.07) is 3.25. The Hall–Kier alpha value is -0.990. The lowest BCUT2D eigenvalue weighted by molar-refractivity contribution is -0.138. The number of hydrogen-bond acceptors (Lipinski definition) is 0. The first-order chi connectivity index (χ1) is 9.36. The summed E-state index contributed by atoms with van der Waals surface area (Å²) in [5.74, 6) is -0.132. The normalized spacial score (nSPS) is 20.5. The van der Waals surface area contributed by atoms with Gasteiger partial charge in [-0.3, -0.25) is 0 Å². The van der Waals surface area contributed by atoms with Crippen LogP contribution in [0.2, 0.25) is 0 Å². The molecule has 21 heavy (non-hydrogen) atoms. The Morgan fingerprint density at radius 2 is 1.33 bits per heavy atom. The highest BCUT2D eigenvalue weighted by Gasteiger charge is 2.41. The molecule has 0 aromatic heterocycles. The number of alkyl halides is 3. The van der Waals surface area contributed by atoms with Gasteiger partial charge in [-0.05, 0) is 52.3 Å². The van der Waals surface area contributed by atoms with Crippen molar-refractivity contribution < 1.29 is 13.2 Å². The third-order valence-electron chi connectivity index (χ3n) is 4.95. The van der Waals surface area contributed by atoms with E-state index in [-0.39, 0.29) is 16.7 Å². The Bertz CT molecular complexity index is 548. The Morgan fingerprint density at radius 1 is 0.905 bits per heavy atom. The molecule has 2 rings (SSSR count). The highest BCUT2D eigenvalue weighted by Crippen LogP contribution is 2.49. The van der Waals surface area contributed by atoms with Gasteiger partial charge in [-0.25, -0.2) is 0 Å². The number of halogens is 3. The van der Waals surface area contributed by atoms with Gasteiger partial charge in [0.25, 0.3) is 0 Å². The topological polar surface area (TPSA) is 0 Å². The predicted octanol–water partition coefficient (Wildman–Crippen LogP) is 6.18. The molecule has 0 heterocycles. The minimum absolute atomic E-state index is 0.0569. The van der Waals surface area contributed by atoms with E-state index in [1.807, 2.05) is 19.9 Å². The average molecular weight is 298 g/mol. The summed E-state index contributed by atoms with van der Waals surface area (Å²) in [5, 5.41) is 0. The number of benzene rings is 1. The van der Waals surface area contributed by atoms with Crippen molar-refractivity contribution in [2.45, 2.75) is 77.3 Å². The highest BCUT2D eigenvalue weighted by atomic mass is 19.4. The van der Waals surface area contributed by atoms with Crippen LogP contribution >= 0.6 is 0 Å². The molecule has 0 bridgehead atoms. The molecule has 0 radical (unpaired) electrons. The van der Waals surface area contributed by atoms with E-state index in [1.165, 1.54) is 6.07 Å². The summed E-state index contributed by atoms with van der Waals surface area (Å²) >= 11 is 0. The summed E-state index contributed by atoms with van der Waals surface area (Å²) in [4.78, 5) is 0. The second-order valence-electron chi connectivity index (χ2n) is 7.91. The third kappa shape index (κ3) is 2.84. The van der Waals surface area contributed by atoms with E-state index < -0.39 is 11.7 Å². The minimum Gasteiger partial charge on any atom is -0.166 e. The zero-order valence-electron chi connectivity index (χ0n) is 13.8. The van der Waals surface area contributed by atoms with Crippen LogP contribution in [0.3, 0.4) is 0 Å². The van der Waals surface area contributed by atoms with Gasteiger partial charge in [-0.2, -0.15) is 13.2 Å². The molecule has 1 aliphatic rings. The van der Waals surface area contributed by atoms with Crippen molar-refractivity contribution in [1.29, 1.82) is 0 Å². The Labute approximate surface area is 125 Å². The fourth-order valence-electron chi connectivity index (χ4n) is 3.35. The van der Waals surface area contributed by atoms with Gasteiger partial charge in [0.2, 0.25) is 0 Å². The molecule has 0 aliphatic heterocycles. The molecule has 118 valence electrons. The molecule has 0 saturated carbocycles. The van der Waals surface area contributed by atoms with Crippen LogP contribution in [0, 0.1) is 0 Å². The molecule has 0 spiro atoms. The van der Waals surface area contributed by atoms with Gasteiger partial charge in [0.05, 0.1) is 5.56 Å². The summed E-state index contributed by atoms with van der Waals surface area (Å²) in [6.07, 6.45) is -2.35. The summed E-state index contributed by atoms with van der Waals surface area (Å²) in [6.45, 7) is 12.0. The molecule has 0 atom stereocenters. The summed E-state index contributed by atoms with van der Waals surface area (Å²) in [7, 11) is 0. The smallest absolute Gasteiger partial charge is 0.166 e. The van der Waals surface area contributed by atoms with E-state index in [4.69, 9.17) is 0 Å². The van der Waals surface area contributed by atoms with Crippen LogP contribution in [0.5, 0.6) is 0 Å². The standard InChI is InChI=1S/C18H25F3/c1-11(2)12-9-14-15(10-13(12)18(19,20)21)17(5,6)8-7-16(14,3)4/h9-11H,7-8H2,1-6H3. The van der Waals surface area contributed by atoms with Gasteiger partial charge in [-0.15, -0.1) is 0 Å². The minimum atomic E-state index is -4.29. The molecular formula is C18H25F3. The van der Waals surface area contributed by atoms with Gasteiger partial charge >= 0.3 is 6.18 Å². The number of rotatable bonds is 1. The Kier molecular flexibility index (Phi) is 3.71. The number of hydrogen-bond donors (Lipinski definition) is 0. The lowest BCUT2D eigenvalue weighted by Gasteiger charge is -2.42. The molecule has 1 aromatic rings. The maximum atomic E-state index is 13.4. The van der Waals surface area contributed by atoms with Crippen LogP contribution in [0.4, 0.5) is 13.2 Å². The lowest BCUT2D eigenvalue weighted by Crippen LogP contribution is -2.34. The second kappa shape index (κ2) is 4.76. The van der Waals surface area contributed by atoms with E-state index in [9.17, 15) is 13.2 Å². The molecule has 0 saturated heterocycles. The van der Waals surface area contributed by atoms with Gasteiger partial charge in [0, 0.05) is 0 Å². The predicted molar refractivity (Wildman–Crippen MR) is 80.8 cm³/mol. The zero-order valence-corrected chi connectivity index (χ0v) is 13.8. The van der Waals surface area contributed by atoms with E-state index in [0.717, 1.165) is 24.0 Å². The molecule has 0 N–H and O–H groups in total. The van der Waals surface area contributed by atoms with Crippen molar-refractivity contribution in [1.82, 2.24) is 0 Å². The van der Waals surface area contributed by atoms with E-state index in [0.29, 0.717) is 5.56 Å². The van der Waals surface area contributed by atoms with Crippen molar-refractivity contribution in [3.05, 3.63) is 34.4 Å². The second-order valence-corrected chi connectivity index (χ2v) is 7.91. The first kappa shape index (κ1) is 16.4. The first-order valence-electron chi connectivity index (χ1n) is 7.62. The van der Waals surface area contributed by atoms with Crippen molar-refractivity contribution in [2.75, 3.05) is 0 Å².